The highest BCUT2D eigenvalue weighted by Crippen LogP contribution is 2.11. The van der Waals surface area contributed by atoms with Crippen LogP contribution in [0.15, 0.2) is 36.8 Å². The van der Waals surface area contributed by atoms with Crippen molar-refractivity contribution in [1.29, 1.82) is 0 Å². The van der Waals surface area contributed by atoms with Gasteiger partial charge in [-0.2, -0.15) is 0 Å². The van der Waals surface area contributed by atoms with Crippen molar-refractivity contribution < 1.29 is 4.79 Å². The van der Waals surface area contributed by atoms with Crippen LogP contribution in [0.25, 0.3) is 0 Å². The second kappa shape index (κ2) is 7.17. The normalized spacial score (nSPS) is 9.62. The molecule has 2 rings (SSSR count). The molecule has 1 amide bonds. The molecular weight excluding hydrogens is 264 g/mol. The number of nitrogens with zero attached hydrogens (tertiary/aromatic N) is 2. The Kier molecular flexibility index (Phi) is 5.02. The SMILES string of the molecule is Cc1ccc(C#CCN)c(C(=O)NCc2ccncn2)c1. The molecule has 0 aliphatic heterocycles. The molecule has 0 atom stereocenters. The van der Waals surface area contributed by atoms with Crippen molar-refractivity contribution in [2.45, 2.75) is 13.5 Å². The Balaban J connectivity index is 2.16. The highest BCUT2D eigenvalue weighted by molar-refractivity contribution is 5.96. The van der Waals surface area contributed by atoms with E-state index < -0.39 is 0 Å². The average Bonchev–Trinajstić information content (AvgIpc) is 2.52. The van der Waals surface area contributed by atoms with Crippen molar-refractivity contribution in [3.8, 4) is 11.8 Å². The molecule has 0 aliphatic rings. The van der Waals surface area contributed by atoms with Gasteiger partial charge in [0.05, 0.1) is 24.3 Å². The minimum absolute atomic E-state index is 0.182. The number of hydrogen-bond donors (Lipinski definition) is 2. The van der Waals surface area contributed by atoms with Gasteiger partial charge >= 0.3 is 0 Å². The first-order chi connectivity index (χ1) is 10.2. The van der Waals surface area contributed by atoms with Gasteiger partial charge in [0.15, 0.2) is 0 Å². The molecular formula is C16H16N4O. The monoisotopic (exact) mass is 280 g/mol. The van der Waals surface area contributed by atoms with Crippen LogP contribution in [0.4, 0.5) is 0 Å². The minimum Gasteiger partial charge on any atom is -0.346 e. The Bertz CT molecular complexity index is 686. The van der Waals surface area contributed by atoms with Crippen molar-refractivity contribution in [3.05, 3.63) is 59.2 Å². The summed E-state index contributed by atoms with van der Waals surface area (Å²) < 4.78 is 0. The average molecular weight is 280 g/mol. The van der Waals surface area contributed by atoms with Gasteiger partial charge < -0.3 is 11.1 Å². The quantitative estimate of drug-likeness (QED) is 0.823. The Morgan fingerprint density at radius 2 is 2.24 bits per heavy atom. The van der Waals surface area contributed by atoms with Gasteiger partial charge in [-0.25, -0.2) is 9.97 Å². The number of benzene rings is 1. The van der Waals surface area contributed by atoms with E-state index in [0.29, 0.717) is 17.7 Å². The molecule has 0 saturated carbocycles. The summed E-state index contributed by atoms with van der Waals surface area (Å²) >= 11 is 0. The fourth-order valence-corrected chi connectivity index (χ4v) is 1.79. The Labute approximate surface area is 123 Å². The van der Waals surface area contributed by atoms with Gasteiger partial charge in [-0.05, 0) is 25.1 Å². The summed E-state index contributed by atoms with van der Waals surface area (Å²) in [7, 11) is 0. The molecule has 0 aliphatic carbocycles. The summed E-state index contributed by atoms with van der Waals surface area (Å²) in [6, 6.07) is 7.32. The summed E-state index contributed by atoms with van der Waals surface area (Å²) in [4.78, 5) is 20.2. The van der Waals surface area contributed by atoms with Crippen LogP contribution in [0.1, 0.15) is 27.2 Å². The van der Waals surface area contributed by atoms with Gasteiger partial charge in [0, 0.05) is 11.8 Å². The molecule has 3 N–H and O–H groups in total. The minimum atomic E-state index is -0.182. The van der Waals surface area contributed by atoms with Crippen molar-refractivity contribution >= 4 is 5.91 Å². The summed E-state index contributed by atoms with van der Waals surface area (Å²) in [5.74, 6) is 5.51. The van der Waals surface area contributed by atoms with E-state index in [9.17, 15) is 4.79 Å². The van der Waals surface area contributed by atoms with Crippen molar-refractivity contribution in [3.63, 3.8) is 0 Å². The predicted molar refractivity (Wildman–Crippen MR) is 80.3 cm³/mol. The predicted octanol–water partition coefficient (Wildman–Crippen LogP) is 1.03. The van der Waals surface area contributed by atoms with E-state index in [2.05, 4.69) is 27.1 Å². The molecule has 106 valence electrons. The number of carbonyl (C=O) groups is 1. The van der Waals surface area contributed by atoms with Gasteiger partial charge in [0.2, 0.25) is 0 Å². The zero-order chi connectivity index (χ0) is 15.1. The lowest BCUT2D eigenvalue weighted by molar-refractivity contribution is 0.0950. The first kappa shape index (κ1) is 14.7. The zero-order valence-electron chi connectivity index (χ0n) is 11.8. The van der Waals surface area contributed by atoms with Gasteiger partial charge in [-0.15, -0.1) is 0 Å². The molecule has 0 fully saturated rings. The van der Waals surface area contributed by atoms with Crippen LogP contribution in [-0.4, -0.2) is 22.4 Å². The first-order valence-electron chi connectivity index (χ1n) is 6.53. The number of nitrogens with one attached hydrogen (secondary N) is 1. The van der Waals surface area contributed by atoms with Crippen LogP contribution in [0.2, 0.25) is 0 Å². The van der Waals surface area contributed by atoms with Crippen LogP contribution in [-0.2, 0) is 6.54 Å². The molecule has 0 saturated heterocycles. The number of aromatic nitrogens is 2. The molecule has 1 aromatic heterocycles. The Morgan fingerprint density at radius 1 is 1.38 bits per heavy atom. The van der Waals surface area contributed by atoms with Crippen molar-refractivity contribution in [1.82, 2.24) is 15.3 Å². The number of aryl methyl sites for hydroxylation is 1. The second-order valence-corrected chi connectivity index (χ2v) is 4.44. The maximum atomic E-state index is 12.3. The van der Waals surface area contributed by atoms with E-state index >= 15 is 0 Å². The fourth-order valence-electron chi connectivity index (χ4n) is 1.79. The van der Waals surface area contributed by atoms with Crippen molar-refractivity contribution in [2.24, 2.45) is 5.73 Å². The smallest absolute Gasteiger partial charge is 0.252 e. The topological polar surface area (TPSA) is 80.9 Å². The maximum absolute atomic E-state index is 12.3. The third kappa shape index (κ3) is 4.13. The van der Waals surface area contributed by atoms with E-state index in [1.165, 1.54) is 6.33 Å². The third-order valence-corrected chi connectivity index (χ3v) is 2.82. The lowest BCUT2D eigenvalue weighted by Crippen LogP contribution is -2.24. The number of hydrogen-bond acceptors (Lipinski definition) is 4. The Hall–Kier alpha value is -2.71. The molecule has 0 radical (unpaired) electrons. The molecule has 0 spiro atoms. The second-order valence-electron chi connectivity index (χ2n) is 4.44. The molecule has 0 unspecified atom stereocenters. The van der Waals surface area contributed by atoms with Gasteiger partial charge in [-0.1, -0.05) is 23.5 Å². The lowest BCUT2D eigenvalue weighted by Gasteiger charge is -2.07. The molecule has 2 aromatic rings. The molecule has 1 heterocycles. The number of rotatable bonds is 3. The summed E-state index contributed by atoms with van der Waals surface area (Å²) in [6.07, 6.45) is 3.09. The molecule has 0 bridgehead atoms. The van der Waals surface area contributed by atoms with Gasteiger partial charge in [0.25, 0.3) is 5.91 Å². The number of nitrogens with two attached hydrogens (primary N) is 1. The zero-order valence-corrected chi connectivity index (χ0v) is 11.8. The number of amides is 1. The summed E-state index contributed by atoms with van der Waals surface area (Å²) in [5, 5.41) is 2.83. The van der Waals surface area contributed by atoms with Gasteiger partial charge in [-0.3, -0.25) is 4.79 Å². The third-order valence-electron chi connectivity index (χ3n) is 2.82. The van der Waals surface area contributed by atoms with E-state index in [-0.39, 0.29) is 12.5 Å². The van der Waals surface area contributed by atoms with E-state index in [1.807, 2.05) is 25.1 Å². The Morgan fingerprint density at radius 3 is 2.95 bits per heavy atom. The summed E-state index contributed by atoms with van der Waals surface area (Å²) in [6.45, 7) is 2.54. The van der Waals surface area contributed by atoms with E-state index in [0.717, 1.165) is 11.3 Å². The van der Waals surface area contributed by atoms with Crippen LogP contribution >= 0.6 is 0 Å². The first-order valence-corrected chi connectivity index (χ1v) is 6.53. The maximum Gasteiger partial charge on any atom is 0.252 e. The highest BCUT2D eigenvalue weighted by Gasteiger charge is 2.10. The van der Waals surface area contributed by atoms with Gasteiger partial charge in [0.1, 0.15) is 6.33 Å². The van der Waals surface area contributed by atoms with Crippen LogP contribution in [0, 0.1) is 18.8 Å². The molecule has 5 heteroatoms. The van der Waals surface area contributed by atoms with Crippen LogP contribution in [0.3, 0.4) is 0 Å². The molecule has 21 heavy (non-hydrogen) atoms. The number of carbonyl (C=O) groups excluding carboxylic acids is 1. The molecule has 1 aromatic carbocycles. The van der Waals surface area contributed by atoms with Crippen LogP contribution in [0.5, 0.6) is 0 Å². The van der Waals surface area contributed by atoms with Crippen molar-refractivity contribution in [2.75, 3.05) is 6.54 Å². The summed E-state index contributed by atoms with van der Waals surface area (Å²) in [5.41, 5.74) is 8.35. The van der Waals surface area contributed by atoms with Crippen LogP contribution < -0.4 is 11.1 Å². The molecule has 5 nitrogen and oxygen atoms in total. The standard InChI is InChI=1S/C16H16N4O/c1-12-4-5-13(3-2-7-17)15(9-12)16(21)19-10-14-6-8-18-11-20-14/h4-6,8-9,11H,7,10,17H2,1H3,(H,19,21). The largest absolute Gasteiger partial charge is 0.346 e. The van der Waals surface area contributed by atoms with E-state index in [1.54, 1.807) is 12.3 Å². The van der Waals surface area contributed by atoms with E-state index in [4.69, 9.17) is 5.73 Å². The fraction of sp³-hybridized carbons (Fsp3) is 0.188. The lowest BCUT2D eigenvalue weighted by atomic mass is 10.0. The highest BCUT2D eigenvalue weighted by atomic mass is 16.1.